The lowest BCUT2D eigenvalue weighted by atomic mass is 9.67. The number of allylic oxidation sites excluding steroid dienone is 1. The first-order chi connectivity index (χ1) is 34.2. The third-order valence-electron chi connectivity index (χ3n) is 16.0. The highest BCUT2D eigenvalue weighted by Crippen LogP contribution is 2.66. The van der Waals surface area contributed by atoms with Crippen LogP contribution in [0.25, 0.3) is 116 Å². The molecule has 2 heteroatoms. The molecule has 2 aromatic heterocycles. The number of hydrogen-bond acceptors (Lipinski definition) is 2. The third kappa shape index (κ3) is 4.90. The van der Waals surface area contributed by atoms with Crippen molar-refractivity contribution in [3.05, 3.63) is 257 Å². The van der Waals surface area contributed by atoms with E-state index in [0.29, 0.717) is 0 Å². The van der Waals surface area contributed by atoms with Crippen molar-refractivity contribution in [3.8, 4) is 44.5 Å². The minimum Gasteiger partial charge on any atom is -0.456 e. The molecule has 1 unspecified atom stereocenters. The van der Waals surface area contributed by atoms with E-state index in [1.165, 1.54) is 99.5 Å². The molecule has 3 aliphatic rings. The van der Waals surface area contributed by atoms with Gasteiger partial charge in [0.1, 0.15) is 22.3 Å². The van der Waals surface area contributed by atoms with Gasteiger partial charge in [0.25, 0.3) is 0 Å². The van der Waals surface area contributed by atoms with Gasteiger partial charge < -0.3 is 8.83 Å². The van der Waals surface area contributed by atoms with E-state index >= 15 is 0 Å². The van der Waals surface area contributed by atoms with Crippen molar-refractivity contribution in [2.45, 2.75) is 18.3 Å². The Morgan fingerprint density at radius 2 is 0.768 bits per heavy atom. The van der Waals surface area contributed by atoms with Crippen LogP contribution in [0.4, 0.5) is 0 Å². The summed E-state index contributed by atoms with van der Waals surface area (Å²) in [7, 11) is 0. The van der Waals surface area contributed by atoms with E-state index in [1.54, 1.807) is 0 Å². The summed E-state index contributed by atoms with van der Waals surface area (Å²) < 4.78 is 13.0. The second kappa shape index (κ2) is 13.7. The Balaban J connectivity index is 1.01. The van der Waals surface area contributed by atoms with Crippen molar-refractivity contribution in [3.63, 3.8) is 0 Å². The minimum absolute atomic E-state index is 0.415. The average molecular weight is 877 g/mol. The average Bonchev–Trinajstić information content (AvgIpc) is 4.15. The molecule has 0 fully saturated rings. The quantitative estimate of drug-likeness (QED) is 0.165. The van der Waals surface area contributed by atoms with Crippen LogP contribution < -0.4 is 0 Å². The number of rotatable bonds is 3. The molecule has 0 saturated heterocycles. The van der Waals surface area contributed by atoms with E-state index in [-0.39, 0.29) is 0 Å². The Hall–Kier alpha value is -8.72. The van der Waals surface area contributed by atoms with Gasteiger partial charge in [0.05, 0.1) is 5.41 Å². The number of aryl methyl sites for hydroxylation is 1. The van der Waals surface area contributed by atoms with Gasteiger partial charge >= 0.3 is 0 Å². The lowest BCUT2D eigenvalue weighted by molar-refractivity contribution is 0.668. The van der Waals surface area contributed by atoms with Crippen LogP contribution in [0.2, 0.25) is 0 Å². The fourth-order valence-corrected chi connectivity index (χ4v) is 13.3. The molecule has 0 amide bonds. The van der Waals surface area contributed by atoms with Gasteiger partial charge in [-0.15, -0.1) is 0 Å². The lowest BCUT2D eigenvalue weighted by Crippen LogP contribution is -2.28. The molecule has 0 radical (unpaired) electrons. The predicted molar refractivity (Wildman–Crippen MR) is 285 cm³/mol. The SMILES string of the molecule is c1ccc2c(c1)CCC1=C2c2ccccc2C12c1ccccc1-c1c(-c3c4cccc(-c5ccc6c(c5)oc5ccccc56)c4cc4c(-c5ccc6c(c5)oc5ccccc56)cccc34)cccc12. The van der Waals surface area contributed by atoms with Crippen LogP contribution in [0.3, 0.4) is 0 Å². The van der Waals surface area contributed by atoms with Gasteiger partial charge in [-0.3, -0.25) is 0 Å². The van der Waals surface area contributed by atoms with Gasteiger partial charge in [0, 0.05) is 21.5 Å². The molecule has 0 N–H and O–H groups in total. The zero-order chi connectivity index (χ0) is 45.0. The Bertz CT molecular complexity index is 4270. The molecule has 1 spiro atoms. The standard InChI is InChI=1S/C67H40O2/c1-2-15-44-39(14-1)32-35-59-65(44)51-18-3-7-25-56(51)67(59)57-26-8-4-19-52(57)66-53(24-13-27-58(66)67)64-49-22-11-20-42(40-30-33-47-45-16-5-9-28-60(45)68-62(47)36-40)54(49)38-55-43(21-12-23-50(55)64)41-31-34-48-46-17-6-10-29-61(46)69-63(48)37-41/h1-31,33-34,36-38H,32,35H2. The van der Waals surface area contributed by atoms with Crippen LogP contribution in [0.5, 0.6) is 0 Å². The monoisotopic (exact) mass is 876 g/mol. The van der Waals surface area contributed by atoms with Gasteiger partial charge in [0.2, 0.25) is 0 Å². The first kappa shape index (κ1) is 37.4. The van der Waals surface area contributed by atoms with Crippen molar-refractivity contribution < 1.29 is 8.83 Å². The third-order valence-corrected chi connectivity index (χ3v) is 16.0. The molecule has 3 aliphatic carbocycles. The van der Waals surface area contributed by atoms with Crippen molar-refractivity contribution >= 4 is 71.0 Å². The van der Waals surface area contributed by atoms with E-state index in [9.17, 15) is 0 Å². The predicted octanol–water partition coefficient (Wildman–Crippen LogP) is 17.9. The van der Waals surface area contributed by atoms with Crippen molar-refractivity contribution in [2.24, 2.45) is 0 Å². The van der Waals surface area contributed by atoms with Gasteiger partial charge in [-0.2, -0.15) is 0 Å². The molecule has 0 saturated carbocycles. The minimum atomic E-state index is -0.415. The molecule has 1 atom stereocenters. The van der Waals surface area contributed by atoms with Crippen LogP contribution in [-0.4, -0.2) is 0 Å². The summed E-state index contributed by atoms with van der Waals surface area (Å²) in [6.07, 6.45) is 2.04. The molecule has 0 bridgehead atoms. The van der Waals surface area contributed by atoms with Crippen LogP contribution in [0, 0.1) is 0 Å². The summed E-state index contributed by atoms with van der Waals surface area (Å²) in [6.45, 7) is 0. The van der Waals surface area contributed by atoms with E-state index in [4.69, 9.17) is 8.83 Å². The molecule has 13 aromatic rings. The number of para-hydroxylation sites is 2. The normalized spacial score (nSPS) is 15.7. The molecule has 320 valence electrons. The van der Waals surface area contributed by atoms with E-state index in [2.05, 4.69) is 206 Å². The summed E-state index contributed by atoms with van der Waals surface area (Å²) in [5, 5.41) is 9.38. The summed E-state index contributed by atoms with van der Waals surface area (Å²) in [6, 6.07) is 81.2. The van der Waals surface area contributed by atoms with Gasteiger partial charge in [-0.25, -0.2) is 0 Å². The van der Waals surface area contributed by atoms with Gasteiger partial charge in [-0.1, -0.05) is 176 Å². The number of hydrogen-bond donors (Lipinski definition) is 0. The van der Waals surface area contributed by atoms with Gasteiger partial charge in [0.15, 0.2) is 0 Å². The van der Waals surface area contributed by atoms with Gasteiger partial charge in [-0.05, 0) is 166 Å². The molecule has 2 heterocycles. The molecule has 16 rings (SSSR count). The largest absolute Gasteiger partial charge is 0.456 e. The van der Waals surface area contributed by atoms with Crippen LogP contribution in [0.1, 0.15) is 39.8 Å². The Labute approximate surface area is 398 Å². The second-order valence-electron chi connectivity index (χ2n) is 19.3. The maximum absolute atomic E-state index is 6.52. The highest BCUT2D eigenvalue weighted by atomic mass is 16.3. The zero-order valence-corrected chi connectivity index (χ0v) is 37.5. The molecular formula is C67H40O2. The maximum Gasteiger partial charge on any atom is 0.136 e. The fourth-order valence-electron chi connectivity index (χ4n) is 13.3. The molecule has 0 aliphatic heterocycles. The fraction of sp³-hybridized carbons (Fsp3) is 0.0448. The maximum atomic E-state index is 6.52. The molecule has 69 heavy (non-hydrogen) atoms. The number of benzene rings is 11. The Morgan fingerprint density at radius 1 is 0.290 bits per heavy atom. The molecule has 11 aromatic carbocycles. The highest BCUT2D eigenvalue weighted by molar-refractivity contribution is 6.22. The molecular weight excluding hydrogens is 837 g/mol. The zero-order valence-electron chi connectivity index (χ0n) is 37.5. The summed E-state index contributed by atoms with van der Waals surface area (Å²) in [5.74, 6) is 0. The van der Waals surface area contributed by atoms with Crippen LogP contribution in [-0.2, 0) is 11.8 Å². The van der Waals surface area contributed by atoms with Crippen molar-refractivity contribution in [1.29, 1.82) is 0 Å². The summed E-state index contributed by atoms with van der Waals surface area (Å²) >= 11 is 0. The Kier molecular flexibility index (Phi) is 7.42. The highest BCUT2D eigenvalue weighted by Gasteiger charge is 2.54. The molecule has 2 nitrogen and oxygen atoms in total. The summed E-state index contributed by atoms with van der Waals surface area (Å²) in [4.78, 5) is 0. The van der Waals surface area contributed by atoms with Crippen LogP contribution >= 0.6 is 0 Å². The number of furan rings is 2. The smallest absolute Gasteiger partial charge is 0.136 e. The van der Waals surface area contributed by atoms with E-state index in [0.717, 1.165) is 67.8 Å². The second-order valence-corrected chi connectivity index (χ2v) is 19.3. The Morgan fingerprint density at radius 3 is 1.43 bits per heavy atom. The first-order valence-electron chi connectivity index (χ1n) is 24.2. The van der Waals surface area contributed by atoms with E-state index in [1.807, 2.05) is 12.1 Å². The first-order valence-corrected chi connectivity index (χ1v) is 24.2. The topological polar surface area (TPSA) is 26.3 Å². The van der Waals surface area contributed by atoms with Crippen LogP contribution in [0.15, 0.2) is 233 Å². The van der Waals surface area contributed by atoms with E-state index < -0.39 is 5.41 Å². The number of fused-ring (bicyclic) bond motifs is 19. The van der Waals surface area contributed by atoms with Crippen molar-refractivity contribution in [2.75, 3.05) is 0 Å². The van der Waals surface area contributed by atoms with Crippen molar-refractivity contribution in [1.82, 2.24) is 0 Å². The lowest BCUT2D eigenvalue weighted by Gasteiger charge is -2.34. The summed E-state index contributed by atoms with van der Waals surface area (Å²) in [5.41, 5.74) is 24.2.